The van der Waals surface area contributed by atoms with E-state index in [0.29, 0.717) is 11.0 Å². The summed E-state index contributed by atoms with van der Waals surface area (Å²) in [6.45, 7) is 3.66. The van der Waals surface area contributed by atoms with Crippen molar-refractivity contribution in [2.75, 3.05) is 6.54 Å². The lowest BCUT2D eigenvalue weighted by atomic mass is 10.1. The Morgan fingerprint density at radius 1 is 1.39 bits per heavy atom. The molecule has 18 heavy (non-hydrogen) atoms. The van der Waals surface area contributed by atoms with Gasteiger partial charge in [0.2, 0.25) is 10.0 Å². The van der Waals surface area contributed by atoms with Crippen LogP contribution in [0.4, 0.5) is 0 Å². The van der Waals surface area contributed by atoms with Crippen molar-refractivity contribution in [1.82, 2.24) is 13.5 Å². The SMILES string of the molecule is CC(C)(CN)NS(=O)(=O)c1cccc2nsnc12. The van der Waals surface area contributed by atoms with Gasteiger partial charge in [-0.15, -0.1) is 0 Å². The van der Waals surface area contributed by atoms with Crippen LogP contribution < -0.4 is 10.5 Å². The number of nitrogens with two attached hydrogens (primary N) is 1. The lowest BCUT2D eigenvalue weighted by Crippen LogP contribution is -2.48. The fourth-order valence-corrected chi connectivity index (χ4v) is 3.65. The van der Waals surface area contributed by atoms with Gasteiger partial charge in [-0.05, 0) is 26.0 Å². The van der Waals surface area contributed by atoms with Gasteiger partial charge in [-0.1, -0.05) is 6.07 Å². The van der Waals surface area contributed by atoms with Gasteiger partial charge >= 0.3 is 0 Å². The summed E-state index contributed by atoms with van der Waals surface area (Å²) in [6.07, 6.45) is 0. The Labute approximate surface area is 110 Å². The van der Waals surface area contributed by atoms with Gasteiger partial charge in [-0.25, -0.2) is 13.1 Å². The van der Waals surface area contributed by atoms with E-state index >= 15 is 0 Å². The highest BCUT2D eigenvalue weighted by Crippen LogP contribution is 2.22. The summed E-state index contributed by atoms with van der Waals surface area (Å²) in [5.74, 6) is 0. The lowest BCUT2D eigenvalue weighted by Gasteiger charge is -2.23. The molecule has 0 radical (unpaired) electrons. The number of hydrogen-bond acceptors (Lipinski definition) is 6. The zero-order chi connectivity index (χ0) is 13.4. The first kappa shape index (κ1) is 13.3. The van der Waals surface area contributed by atoms with Crippen molar-refractivity contribution in [1.29, 1.82) is 0 Å². The summed E-state index contributed by atoms with van der Waals surface area (Å²) < 4.78 is 35.2. The minimum Gasteiger partial charge on any atom is -0.329 e. The third-order valence-electron chi connectivity index (χ3n) is 2.46. The molecule has 1 aromatic heterocycles. The predicted molar refractivity (Wildman–Crippen MR) is 70.9 cm³/mol. The zero-order valence-corrected chi connectivity index (χ0v) is 11.7. The molecule has 0 aliphatic heterocycles. The van der Waals surface area contributed by atoms with Crippen molar-refractivity contribution < 1.29 is 8.42 Å². The van der Waals surface area contributed by atoms with Crippen LogP contribution in [-0.2, 0) is 10.0 Å². The number of benzene rings is 1. The molecular weight excluding hydrogens is 272 g/mol. The minimum absolute atomic E-state index is 0.135. The molecule has 0 fully saturated rings. The maximum Gasteiger partial charge on any atom is 0.243 e. The minimum atomic E-state index is -3.65. The van der Waals surface area contributed by atoms with Gasteiger partial charge in [0, 0.05) is 12.1 Å². The summed E-state index contributed by atoms with van der Waals surface area (Å²) in [4.78, 5) is 0.135. The molecule has 0 spiro atoms. The molecule has 8 heteroatoms. The van der Waals surface area contributed by atoms with E-state index in [1.807, 2.05) is 0 Å². The van der Waals surface area contributed by atoms with E-state index in [1.165, 1.54) is 6.07 Å². The molecule has 3 N–H and O–H groups in total. The number of nitrogens with zero attached hydrogens (tertiary/aromatic N) is 2. The Balaban J connectivity index is 2.51. The zero-order valence-electron chi connectivity index (χ0n) is 10.0. The highest BCUT2D eigenvalue weighted by Gasteiger charge is 2.27. The average Bonchev–Trinajstić information content (AvgIpc) is 2.75. The molecule has 1 aromatic carbocycles. The normalized spacial score (nSPS) is 13.1. The van der Waals surface area contributed by atoms with E-state index in [1.54, 1.807) is 26.0 Å². The van der Waals surface area contributed by atoms with Gasteiger partial charge < -0.3 is 5.73 Å². The maximum atomic E-state index is 12.3. The average molecular weight is 286 g/mol. The van der Waals surface area contributed by atoms with E-state index in [4.69, 9.17) is 5.73 Å². The third kappa shape index (κ3) is 2.51. The molecule has 0 amide bonds. The van der Waals surface area contributed by atoms with Gasteiger partial charge in [-0.2, -0.15) is 8.75 Å². The van der Waals surface area contributed by atoms with Crippen molar-refractivity contribution in [3.05, 3.63) is 18.2 Å². The van der Waals surface area contributed by atoms with E-state index in [0.717, 1.165) is 11.7 Å². The van der Waals surface area contributed by atoms with Crippen LogP contribution in [0.25, 0.3) is 11.0 Å². The van der Waals surface area contributed by atoms with Gasteiger partial charge in [0.05, 0.1) is 11.7 Å². The van der Waals surface area contributed by atoms with Crippen molar-refractivity contribution >= 4 is 32.8 Å². The molecule has 0 atom stereocenters. The molecule has 2 rings (SSSR count). The van der Waals surface area contributed by atoms with Gasteiger partial charge in [-0.3, -0.25) is 0 Å². The van der Waals surface area contributed by atoms with E-state index < -0.39 is 15.6 Å². The molecule has 0 unspecified atom stereocenters. The van der Waals surface area contributed by atoms with Gasteiger partial charge in [0.25, 0.3) is 0 Å². The number of hydrogen-bond donors (Lipinski definition) is 2. The van der Waals surface area contributed by atoms with Crippen LogP contribution in [0, 0.1) is 0 Å². The van der Waals surface area contributed by atoms with E-state index in [9.17, 15) is 8.42 Å². The Morgan fingerprint density at radius 3 is 2.78 bits per heavy atom. The van der Waals surface area contributed by atoms with Crippen LogP contribution in [0.1, 0.15) is 13.8 Å². The number of sulfonamides is 1. The largest absolute Gasteiger partial charge is 0.329 e. The summed E-state index contributed by atoms with van der Waals surface area (Å²) in [5, 5.41) is 0. The van der Waals surface area contributed by atoms with E-state index in [-0.39, 0.29) is 11.4 Å². The smallest absolute Gasteiger partial charge is 0.243 e. The summed E-state index contributed by atoms with van der Waals surface area (Å²) in [7, 11) is -3.65. The molecule has 0 saturated heterocycles. The Hall–Kier alpha value is -1.09. The molecule has 0 aliphatic rings. The molecule has 98 valence electrons. The first-order valence-electron chi connectivity index (χ1n) is 5.31. The standard InChI is InChI=1S/C10H14N4O2S2/c1-10(2,6-11)14-18(15,16)8-5-3-4-7-9(8)13-17-12-7/h3-5,14H,6,11H2,1-2H3. The van der Waals surface area contributed by atoms with Crippen LogP contribution in [0.5, 0.6) is 0 Å². The number of fused-ring (bicyclic) bond motifs is 1. The van der Waals surface area contributed by atoms with Crippen molar-refractivity contribution in [3.63, 3.8) is 0 Å². The summed E-state index contributed by atoms with van der Waals surface area (Å²) in [5.41, 5.74) is 5.80. The van der Waals surface area contributed by atoms with E-state index in [2.05, 4.69) is 13.5 Å². The Kier molecular flexibility index (Phi) is 3.37. The second kappa shape index (κ2) is 4.54. The molecule has 0 bridgehead atoms. The molecule has 6 nitrogen and oxygen atoms in total. The van der Waals surface area contributed by atoms with Crippen LogP contribution in [-0.4, -0.2) is 29.2 Å². The van der Waals surface area contributed by atoms with Gasteiger partial charge in [0.1, 0.15) is 15.9 Å². The van der Waals surface area contributed by atoms with Crippen molar-refractivity contribution in [2.45, 2.75) is 24.3 Å². The lowest BCUT2D eigenvalue weighted by molar-refractivity contribution is 0.463. The van der Waals surface area contributed by atoms with Crippen LogP contribution in [0.2, 0.25) is 0 Å². The van der Waals surface area contributed by atoms with Crippen LogP contribution >= 0.6 is 11.7 Å². The second-order valence-electron chi connectivity index (χ2n) is 4.58. The van der Waals surface area contributed by atoms with Crippen molar-refractivity contribution in [3.8, 4) is 0 Å². The fraction of sp³-hybridized carbons (Fsp3) is 0.400. The number of rotatable bonds is 4. The van der Waals surface area contributed by atoms with Crippen LogP contribution in [0.3, 0.4) is 0 Å². The first-order chi connectivity index (χ1) is 8.36. The number of aromatic nitrogens is 2. The monoisotopic (exact) mass is 286 g/mol. The highest BCUT2D eigenvalue weighted by molar-refractivity contribution is 7.89. The molecular formula is C10H14N4O2S2. The van der Waals surface area contributed by atoms with Crippen LogP contribution in [0.15, 0.2) is 23.1 Å². The third-order valence-corrected chi connectivity index (χ3v) is 4.73. The second-order valence-corrected chi connectivity index (χ2v) is 6.76. The predicted octanol–water partition coefficient (Wildman–Crippen LogP) is 0.707. The summed E-state index contributed by atoms with van der Waals surface area (Å²) in [6, 6.07) is 4.89. The highest BCUT2D eigenvalue weighted by atomic mass is 32.2. The van der Waals surface area contributed by atoms with Crippen molar-refractivity contribution in [2.24, 2.45) is 5.73 Å². The first-order valence-corrected chi connectivity index (χ1v) is 7.52. The maximum absolute atomic E-state index is 12.3. The molecule has 0 saturated carbocycles. The number of nitrogens with one attached hydrogen (secondary N) is 1. The molecule has 1 heterocycles. The quantitative estimate of drug-likeness (QED) is 0.862. The summed E-state index contributed by atoms with van der Waals surface area (Å²) >= 11 is 0.990. The van der Waals surface area contributed by atoms with Gasteiger partial charge in [0.15, 0.2) is 0 Å². The topological polar surface area (TPSA) is 98.0 Å². The molecule has 2 aromatic rings. The fourth-order valence-electron chi connectivity index (χ4n) is 1.46. The Morgan fingerprint density at radius 2 is 2.11 bits per heavy atom. The Bertz CT molecular complexity index is 663. The molecule has 0 aliphatic carbocycles.